The quantitative estimate of drug-likeness (QED) is 0.547. The van der Waals surface area contributed by atoms with Gasteiger partial charge in [-0.15, -0.1) is 0 Å². The molecule has 0 aliphatic rings. The zero-order valence-corrected chi connectivity index (χ0v) is 10.2. The number of nitrogens with one attached hydrogen (secondary N) is 1. The van der Waals surface area contributed by atoms with E-state index in [4.69, 9.17) is 10.5 Å². The number of hydrogen-bond acceptors (Lipinski definition) is 4. The number of rotatable bonds is 7. The van der Waals surface area contributed by atoms with Crippen molar-refractivity contribution in [3.05, 3.63) is 0 Å². The molecule has 0 aromatic carbocycles. The van der Waals surface area contributed by atoms with Crippen molar-refractivity contribution in [3.63, 3.8) is 0 Å². The predicted octanol–water partition coefficient (Wildman–Crippen LogP) is -1.06. The number of nitrogens with two attached hydrogens (primary N) is 1. The number of amides is 2. The average Bonchev–Trinajstić information content (AvgIpc) is 2.16. The lowest BCUT2D eigenvalue weighted by Crippen LogP contribution is -2.42. The Hall–Kier alpha value is -1.14. The molecule has 6 heteroatoms. The first-order valence-electron chi connectivity index (χ1n) is 5.28. The Labute approximate surface area is 96.1 Å². The second kappa shape index (κ2) is 8.06. The Kier molecular flexibility index (Phi) is 7.49. The first kappa shape index (κ1) is 14.9. The third kappa shape index (κ3) is 7.19. The van der Waals surface area contributed by atoms with E-state index in [0.717, 1.165) is 0 Å². The van der Waals surface area contributed by atoms with Crippen molar-refractivity contribution in [2.24, 2.45) is 5.73 Å². The summed E-state index contributed by atoms with van der Waals surface area (Å²) in [5, 5.41) is 2.70. The maximum atomic E-state index is 11.4. The van der Waals surface area contributed by atoms with Gasteiger partial charge in [0.15, 0.2) is 0 Å². The smallest absolute Gasteiger partial charge is 0.248 e. The third-order valence-electron chi connectivity index (χ3n) is 1.74. The van der Waals surface area contributed by atoms with Gasteiger partial charge in [-0.25, -0.2) is 0 Å². The summed E-state index contributed by atoms with van der Waals surface area (Å²) in [6.07, 6.45) is 0. The van der Waals surface area contributed by atoms with Crippen molar-refractivity contribution < 1.29 is 14.3 Å². The van der Waals surface area contributed by atoms with E-state index in [-0.39, 0.29) is 31.0 Å². The molecule has 16 heavy (non-hydrogen) atoms. The van der Waals surface area contributed by atoms with Gasteiger partial charge in [-0.3, -0.25) is 9.59 Å². The van der Waals surface area contributed by atoms with Gasteiger partial charge in [0.1, 0.15) is 6.61 Å². The fraction of sp³-hybridized carbons (Fsp3) is 0.800. The van der Waals surface area contributed by atoms with Gasteiger partial charge in [-0.05, 0) is 13.8 Å². The van der Waals surface area contributed by atoms with Crippen molar-refractivity contribution in [1.29, 1.82) is 0 Å². The Morgan fingerprint density at radius 3 is 2.56 bits per heavy atom. The van der Waals surface area contributed by atoms with Gasteiger partial charge in [0.05, 0.1) is 13.2 Å². The molecule has 0 spiro atoms. The van der Waals surface area contributed by atoms with Crippen LogP contribution in [0.15, 0.2) is 0 Å². The number of nitrogens with zero attached hydrogens (tertiary/aromatic N) is 1. The monoisotopic (exact) mass is 231 g/mol. The van der Waals surface area contributed by atoms with Crippen molar-refractivity contribution in [2.75, 3.05) is 33.4 Å². The van der Waals surface area contributed by atoms with E-state index in [1.807, 2.05) is 13.8 Å². The van der Waals surface area contributed by atoms with Crippen LogP contribution in [0.5, 0.6) is 0 Å². The van der Waals surface area contributed by atoms with Crippen LogP contribution in [-0.2, 0) is 14.3 Å². The lowest BCUT2D eigenvalue weighted by atomic mass is 10.4. The molecule has 0 radical (unpaired) electrons. The normalized spacial score (nSPS) is 10.3. The van der Waals surface area contributed by atoms with Crippen LogP contribution in [0.4, 0.5) is 0 Å². The summed E-state index contributed by atoms with van der Waals surface area (Å²) in [4.78, 5) is 24.1. The fourth-order valence-corrected chi connectivity index (χ4v) is 1.02. The molecule has 2 amide bonds. The molecule has 3 N–H and O–H groups in total. The molecule has 0 aliphatic heterocycles. The highest BCUT2D eigenvalue weighted by Crippen LogP contribution is 1.87. The molecule has 0 unspecified atom stereocenters. The topological polar surface area (TPSA) is 84.7 Å². The summed E-state index contributed by atoms with van der Waals surface area (Å²) in [6.45, 7) is 4.46. The minimum atomic E-state index is -0.229. The maximum Gasteiger partial charge on any atom is 0.248 e. The Bertz CT molecular complexity index is 231. The second-order valence-corrected chi connectivity index (χ2v) is 3.81. The van der Waals surface area contributed by atoms with Gasteiger partial charge in [0.2, 0.25) is 11.8 Å². The first-order valence-corrected chi connectivity index (χ1v) is 5.28. The number of carbonyl (C=O) groups is 2. The molecule has 6 nitrogen and oxygen atoms in total. The average molecular weight is 231 g/mol. The molecule has 0 bridgehead atoms. The van der Waals surface area contributed by atoms with Crippen molar-refractivity contribution in [3.8, 4) is 0 Å². The fourth-order valence-electron chi connectivity index (χ4n) is 1.02. The van der Waals surface area contributed by atoms with Crippen LogP contribution in [0.1, 0.15) is 13.8 Å². The number of likely N-dealkylation sites (N-methyl/N-ethyl adjacent to an activating group) is 1. The first-order chi connectivity index (χ1) is 7.47. The SMILES string of the molecule is CC(C)NC(=O)CN(C)C(=O)COCCN. The third-order valence-corrected chi connectivity index (χ3v) is 1.74. The van der Waals surface area contributed by atoms with Crippen molar-refractivity contribution in [1.82, 2.24) is 10.2 Å². The van der Waals surface area contributed by atoms with Crippen LogP contribution in [0.25, 0.3) is 0 Å². The Morgan fingerprint density at radius 2 is 2.06 bits per heavy atom. The zero-order chi connectivity index (χ0) is 12.6. The van der Waals surface area contributed by atoms with Gasteiger partial charge in [-0.2, -0.15) is 0 Å². The van der Waals surface area contributed by atoms with Crippen molar-refractivity contribution >= 4 is 11.8 Å². The highest BCUT2D eigenvalue weighted by atomic mass is 16.5. The second-order valence-electron chi connectivity index (χ2n) is 3.81. The highest BCUT2D eigenvalue weighted by molar-refractivity contribution is 5.85. The molecule has 0 aliphatic carbocycles. The number of ether oxygens (including phenoxy) is 1. The number of carbonyl (C=O) groups excluding carboxylic acids is 2. The molecule has 0 aromatic rings. The van der Waals surface area contributed by atoms with E-state index in [9.17, 15) is 9.59 Å². The van der Waals surface area contributed by atoms with Gasteiger partial charge < -0.3 is 20.7 Å². The molecular formula is C10H21N3O3. The molecule has 0 saturated heterocycles. The standard InChI is InChI=1S/C10H21N3O3/c1-8(2)12-9(14)6-13(3)10(15)7-16-5-4-11/h8H,4-7,11H2,1-3H3,(H,12,14). The lowest BCUT2D eigenvalue weighted by Gasteiger charge is -2.17. The van der Waals surface area contributed by atoms with Crippen LogP contribution >= 0.6 is 0 Å². The van der Waals surface area contributed by atoms with E-state index in [0.29, 0.717) is 13.2 Å². The molecular weight excluding hydrogens is 210 g/mol. The minimum absolute atomic E-state index is 0.0390. The van der Waals surface area contributed by atoms with E-state index in [2.05, 4.69) is 5.32 Å². The summed E-state index contributed by atoms with van der Waals surface area (Å²) >= 11 is 0. The lowest BCUT2D eigenvalue weighted by molar-refractivity contribution is -0.138. The summed E-state index contributed by atoms with van der Waals surface area (Å²) in [7, 11) is 1.56. The summed E-state index contributed by atoms with van der Waals surface area (Å²) in [6, 6.07) is 0.0736. The Balaban J connectivity index is 3.81. The minimum Gasteiger partial charge on any atom is -0.370 e. The van der Waals surface area contributed by atoms with Gasteiger partial charge in [-0.1, -0.05) is 0 Å². The van der Waals surface area contributed by atoms with E-state index >= 15 is 0 Å². The van der Waals surface area contributed by atoms with Crippen LogP contribution in [-0.4, -0.2) is 56.1 Å². The Morgan fingerprint density at radius 1 is 1.44 bits per heavy atom. The van der Waals surface area contributed by atoms with Gasteiger partial charge in [0.25, 0.3) is 0 Å². The highest BCUT2D eigenvalue weighted by Gasteiger charge is 2.13. The van der Waals surface area contributed by atoms with Gasteiger partial charge in [0, 0.05) is 19.6 Å². The maximum absolute atomic E-state index is 11.4. The summed E-state index contributed by atoms with van der Waals surface area (Å²) in [5.74, 6) is -0.406. The van der Waals surface area contributed by atoms with Gasteiger partial charge >= 0.3 is 0 Å². The summed E-state index contributed by atoms with van der Waals surface area (Å²) < 4.78 is 4.98. The zero-order valence-electron chi connectivity index (χ0n) is 10.2. The van der Waals surface area contributed by atoms with Crippen LogP contribution in [0, 0.1) is 0 Å². The van der Waals surface area contributed by atoms with E-state index in [1.165, 1.54) is 4.90 Å². The summed E-state index contributed by atoms with van der Waals surface area (Å²) in [5.41, 5.74) is 5.21. The molecule has 0 saturated carbocycles. The van der Waals surface area contributed by atoms with Crippen LogP contribution in [0.3, 0.4) is 0 Å². The predicted molar refractivity (Wildman–Crippen MR) is 60.8 cm³/mol. The largest absolute Gasteiger partial charge is 0.370 e. The molecule has 0 aromatic heterocycles. The van der Waals surface area contributed by atoms with Crippen LogP contribution in [0.2, 0.25) is 0 Å². The molecule has 94 valence electrons. The molecule has 0 heterocycles. The van der Waals surface area contributed by atoms with Crippen LogP contribution < -0.4 is 11.1 Å². The van der Waals surface area contributed by atoms with Crippen molar-refractivity contribution in [2.45, 2.75) is 19.9 Å². The molecule has 0 atom stereocenters. The van der Waals surface area contributed by atoms with E-state index < -0.39 is 0 Å². The molecule has 0 fully saturated rings. The molecule has 0 rings (SSSR count). The number of hydrogen-bond donors (Lipinski definition) is 2. The van der Waals surface area contributed by atoms with E-state index in [1.54, 1.807) is 7.05 Å².